The average Bonchev–Trinajstić information content (AvgIpc) is 2.03. The Bertz CT molecular complexity index is 271. The molecule has 2 heteroatoms. The Morgan fingerprint density at radius 3 is 1.92 bits per heavy atom. The van der Waals surface area contributed by atoms with Crippen molar-refractivity contribution in [3.8, 4) is 0 Å². The lowest BCUT2D eigenvalue weighted by atomic mass is 10.1. The summed E-state index contributed by atoms with van der Waals surface area (Å²) in [4.78, 5) is 2.23. The van der Waals surface area contributed by atoms with Gasteiger partial charge >= 0.3 is 0 Å². The van der Waals surface area contributed by atoms with E-state index in [1.807, 2.05) is 24.3 Å². The number of halogens is 1. The van der Waals surface area contributed by atoms with Crippen LogP contribution in [0.1, 0.15) is 20.8 Å². The Labute approximate surface area is 85.3 Å². The first-order chi connectivity index (χ1) is 5.91. The quantitative estimate of drug-likeness (QED) is 0.666. The molecule has 0 radical (unpaired) electrons. The summed E-state index contributed by atoms with van der Waals surface area (Å²) < 4.78 is 0. The van der Waals surface area contributed by atoms with Crippen molar-refractivity contribution in [2.75, 3.05) is 11.9 Å². The molecular weight excluding hydrogens is 182 g/mol. The molecule has 1 aromatic rings. The van der Waals surface area contributed by atoms with Gasteiger partial charge in [0, 0.05) is 23.3 Å². The molecule has 0 bridgehead atoms. The third-order valence-corrected chi connectivity index (χ3v) is 2.47. The summed E-state index contributed by atoms with van der Waals surface area (Å²) >= 11 is 5.81. The number of nitrogens with zero attached hydrogens (tertiary/aromatic N) is 1. The van der Waals surface area contributed by atoms with Gasteiger partial charge in [0.15, 0.2) is 0 Å². The molecule has 0 saturated heterocycles. The molecule has 72 valence electrons. The van der Waals surface area contributed by atoms with Crippen LogP contribution in [0.3, 0.4) is 0 Å². The zero-order chi connectivity index (χ0) is 10.1. The van der Waals surface area contributed by atoms with Crippen LogP contribution in [0.25, 0.3) is 0 Å². The van der Waals surface area contributed by atoms with Crippen LogP contribution in [0, 0.1) is 0 Å². The van der Waals surface area contributed by atoms with Gasteiger partial charge in [0.2, 0.25) is 0 Å². The lowest BCUT2D eigenvalue weighted by Crippen LogP contribution is -2.37. The van der Waals surface area contributed by atoms with Crippen LogP contribution in [0.15, 0.2) is 24.3 Å². The second-order valence-corrected chi connectivity index (χ2v) is 4.64. The second-order valence-electron chi connectivity index (χ2n) is 4.21. The first kappa shape index (κ1) is 10.4. The van der Waals surface area contributed by atoms with Gasteiger partial charge in [-0.3, -0.25) is 0 Å². The van der Waals surface area contributed by atoms with Crippen LogP contribution in [0.2, 0.25) is 5.02 Å². The molecule has 0 atom stereocenters. The second kappa shape index (κ2) is 3.59. The summed E-state index contributed by atoms with van der Waals surface area (Å²) in [5.41, 5.74) is 1.34. The predicted octanol–water partition coefficient (Wildman–Crippen LogP) is 3.57. The van der Waals surface area contributed by atoms with E-state index in [0.717, 1.165) is 5.02 Å². The summed E-state index contributed by atoms with van der Waals surface area (Å²) in [6.45, 7) is 6.55. The standard InChI is InChI=1S/C11H16ClN/c1-11(2,3)13(4)10-7-5-9(12)6-8-10/h5-8H,1-4H3. The summed E-state index contributed by atoms with van der Waals surface area (Å²) in [6, 6.07) is 7.90. The minimum absolute atomic E-state index is 0.147. The molecule has 0 spiro atoms. The van der Waals surface area contributed by atoms with Crippen molar-refractivity contribution in [1.82, 2.24) is 0 Å². The van der Waals surface area contributed by atoms with E-state index < -0.39 is 0 Å². The molecule has 0 N–H and O–H groups in total. The van der Waals surface area contributed by atoms with Crippen molar-refractivity contribution in [2.24, 2.45) is 0 Å². The molecule has 0 aliphatic carbocycles. The number of rotatable bonds is 1. The van der Waals surface area contributed by atoms with E-state index in [2.05, 4.69) is 32.7 Å². The fraction of sp³-hybridized carbons (Fsp3) is 0.455. The fourth-order valence-electron chi connectivity index (χ4n) is 1.05. The predicted molar refractivity (Wildman–Crippen MR) is 59.6 cm³/mol. The van der Waals surface area contributed by atoms with Crippen LogP contribution in [-0.2, 0) is 0 Å². The third-order valence-electron chi connectivity index (χ3n) is 2.22. The van der Waals surface area contributed by atoms with E-state index in [0.29, 0.717) is 0 Å². The minimum Gasteiger partial charge on any atom is -0.370 e. The van der Waals surface area contributed by atoms with Crippen LogP contribution < -0.4 is 4.90 Å². The van der Waals surface area contributed by atoms with Gasteiger partial charge in [-0.25, -0.2) is 0 Å². The average molecular weight is 198 g/mol. The van der Waals surface area contributed by atoms with Crippen molar-refractivity contribution in [2.45, 2.75) is 26.3 Å². The molecule has 0 saturated carbocycles. The monoisotopic (exact) mass is 197 g/mol. The smallest absolute Gasteiger partial charge is 0.0407 e. The summed E-state index contributed by atoms with van der Waals surface area (Å²) in [6.07, 6.45) is 0. The first-order valence-electron chi connectivity index (χ1n) is 4.40. The highest BCUT2D eigenvalue weighted by molar-refractivity contribution is 6.30. The number of benzene rings is 1. The first-order valence-corrected chi connectivity index (χ1v) is 4.78. The SMILES string of the molecule is CN(c1ccc(Cl)cc1)C(C)(C)C. The Balaban J connectivity index is 2.90. The molecule has 13 heavy (non-hydrogen) atoms. The Morgan fingerprint density at radius 1 is 1.08 bits per heavy atom. The van der Waals surface area contributed by atoms with Crippen LogP contribution in [0.5, 0.6) is 0 Å². The van der Waals surface area contributed by atoms with E-state index in [9.17, 15) is 0 Å². The lowest BCUT2D eigenvalue weighted by molar-refractivity contribution is 0.539. The van der Waals surface area contributed by atoms with Gasteiger partial charge in [-0.2, -0.15) is 0 Å². The Morgan fingerprint density at radius 2 is 1.54 bits per heavy atom. The van der Waals surface area contributed by atoms with Crippen molar-refractivity contribution >= 4 is 17.3 Å². The molecule has 1 aromatic carbocycles. The van der Waals surface area contributed by atoms with Crippen molar-refractivity contribution in [3.05, 3.63) is 29.3 Å². The molecule has 0 fully saturated rings. The largest absolute Gasteiger partial charge is 0.370 e. The van der Waals surface area contributed by atoms with Gasteiger partial charge < -0.3 is 4.90 Å². The van der Waals surface area contributed by atoms with Crippen LogP contribution >= 0.6 is 11.6 Å². The molecule has 0 unspecified atom stereocenters. The number of hydrogen-bond donors (Lipinski definition) is 0. The maximum absolute atomic E-state index is 5.81. The normalized spacial score (nSPS) is 11.5. The highest BCUT2D eigenvalue weighted by Gasteiger charge is 2.16. The molecular formula is C11H16ClN. The van der Waals surface area contributed by atoms with Crippen molar-refractivity contribution in [1.29, 1.82) is 0 Å². The van der Waals surface area contributed by atoms with Gasteiger partial charge in [0.05, 0.1) is 0 Å². The number of hydrogen-bond acceptors (Lipinski definition) is 1. The molecule has 1 rings (SSSR count). The van der Waals surface area contributed by atoms with Gasteiger partial charge in [0.25, 0.3) is 0 Å². The van der Waals surface area contributed by atoms with Gasteiger partial charge in [-0.15, -0.1) is 0 Å². The zero-order valence-corrected chi connectivity index (χ0v) is 9.39. The van der Waals surface area contributed by atoms with E-state index in [4.69, 9.17) is 11.6 Å². The number of anilines is 1. The molecule has 1 nitrogen and oxygen atoms in total. The summed E-state index contributed by atoms with van der Waals surface area (Å²) in [7, 11) is 2.09. The summed E-state index contributed by atoms with van der Waals surface area (Å²) in [5.74, 6) is 0. The Hall–Kier alpha value is -0.690. The lowest BCUT2D eigenvalue weighted by Gasteiger charge is -2.34. The molecule has 0 amide bonds. The highest BCUT2D eigenvalue weighted by Crippen LogP contribution is 2.23. The molecule has 0 aliphatic heterocycles. The fourth-order valence-corrected chi connectivity index (χ4v) is 1.18. The van der Waals surface area contributed by atoms with Crippen molar-refractivity contribution < 1.29 is 0 Å². The molecule has 0 heterocycles. The Kier molecular flexibility index (Phi) is 2.87. The van der Waals surface area contributed by atoms with E-state index in [-0.39, 0.29) is 5.54 Å². The van der Waals surface area contributed by atoms with Gasteiger partial charge in [0.1, 0.15) is 0 Å². The van der Waals surface area contributed by atoms with Crippen LogP contribution in [-0.4, -0.2) is 12.6 Å². The third kappa shape index (κ3) is 2.63. The molecule has 0 aromatic heterocycles. The van der Waals surface area contributed by atoms with Crippen LogP contribution in [0.4, 0.5) is 5.69 Å². The summed E-state index contributed by atoms with van der Waals surface area (Å²) in [5, 5.41) is 0.783. The molecule has 0 aliphatic rings. The van der Waals surface area contributed by atoms with E-state index in [1.54, 1.807) is 0 Å². The van der Waals surface area contributed by atoms with Gasteiger partial charge in [-0.1, -0.05) is 11.6 Å². The maximum atomic E-state index is 5.81. The zero-order valence-electron chi connectivity index (χ0n) is 8.63. The van der Waals surface area contributed by atoms with Gasteiger partial charge in [-0.05, 0) is 45.0 Å². The highest BCUT2D eigenvalue weighted by atomic mass is 35.5. The maximum Gasteiger partial charge on any atom is 0.0407 e. The van der Waals surface area contributed by atoms with E-state index >= 15 is 0 Å². The topological polar surface area (TPSA) is 3.24 Å². The van der Waals surface area contributed by atoms with Crippen molar-refractivity contribution in [3.63, 3.8) is 0 Å². The minimum atomic E-state index is 0.147. The van der Waals surface area contributed by atoms with E-state index in [1.165, 1.54) is 5.69 Å².